The van der Waals surface area contributed by atoms with Crippen molar-refractivity contribution < 1.29 is 15.0 Å². The zero-order valence-corrected chi connectivity index (χ0v) is 10.0. The highest BCUT2D eigenvalue weighted by Crippen LogP contribution is 2.22. The van der Waals surface area contributed by atoms with E-state index in [2.05, 4.69) is 9.97 Å². The van der Waals surface area contributed by atoms with Crippen molar-refractivity contribution in [3.63, 3.8) is 0 Å². The third kappa shape index (κ3) is 2.15. The Morgan fingerprint density at radius 1 is 1.17 bits per heavy atom. The molecule has 18 heavy (non-hydrogen) atoms. The lowest BCUT2D eigenvalue weighted by molar-refractivity contribution is 0.0694. The topological polar surface area (TPSA) is 83.3 Å². The summed E-state index contributed by atoms with van der Waals surface area (Å²) in [6.45, 7) is 3.26. The Hall–Kier alpha value is -2.43. The summed E-state index contributed by atoms with van der Waals surface area (Å²) >= 11 is 0. The van der Waals surface area contributed by atoms with E-state index < -0.39 is 5.97 Å². The zero-order valence-electron chi connectivity index (χ0n) is 10.0. The normalized spacial score (nSPS) is 10.3. The summed E-state index contributed by atoms with van der Waals surface area (Å²) in [4.78, 5) is 19.4. The molecular weight excluding hydrogens is 232 g/mol. The van der Waals surface area contributed by atoms with Crippen molar-refractivity contribution in [2.75, 3.05) is 0 Å². The van der Waals surface area contributed by atoms with Gasteiger partial charge in [-0.1, -0.05) is 12.1 Å². The van der Waals surface area contributed by atoms with E-state index in [9.17, 15) is 9.90 Å². The molecule has 2 rings (SSSR count). The molecule has 5 heteroatoms. The van der Waals surface area contributed by atoms with Gasteiger partial charge in [-0.3, -0.25) is 0 Å². The van der Waals surface area contributed by atoms with Gasteiger partial charge in [0.15, 0.2) is 5.82 Å². The standard InChI is InChI=1S/C13H12N2O3/c1-7-11(13(17)18)8(2)15-12(14-7)9-4-3-5-10(16)6-9/h3-6,16H,1-2H3,(H,17,18). The van der Waals surface area contributed by atoms with Gasteiger partial charge in [-0.15, -0.1) is 0 Å². The van der Waals surface area contributed by atoms with E-state index >= 15 is 0 Å². The van der Waals surface area contributed by atoms with Gasteiger partial charge < -0.3 is 10.2 Å². The van der Waals surface area contributed by atoms with E-state index in [0.717, 1.165) is 0 Å². The van der Waals surface area contributed by atoms with Crippen LogP contribution in [0.5, 0.6) is 5.75 Å². The first-order valence-electron chi connectivity index (χ1n) is 5.37. The van der Waals surface area contributed by atoms with Crippen LogP contribution in [0.2, 0.25) is 0 Å². The van der Waals surface area contributed by atoms with Crippen LogP contribution in [0.25, 0.3) is 11.4 Å². The Balaban J connectivity index is 2.58. The van der Waals surface area contributed by atoms with Crippen molar-refractivity contribution >= 4 is 5.97 Å². The number of carbonyl (C=O) groups is 1. The predicted molar refractivity (Wildman–Crippen MR) is 65.6 cm³/mol. The molecule has 0 aliphatic heterocycles. The van der Waals surface area contributed by atoms with E-state index in [1.165, 1.54) is 6.07 Å². The molecule has 0 fully saturated rings. The first-order valence-corrected chi connectivity index (χ1v) is 5.37. The molecule has 1 aromatic heterocycles. The molecule has 2 aromatic rings. The summed E-state index contributed by atoms with van der Waals surface area (Å²) in [7, 11) is 0. The van der Waals surface area contributed by atoms with Crippen LogP contribution in [0.1, 0.15) is 21.7 Å². The molecular formula is C13H12N2O3. The van der Waals surface area contributed by atoms with Gasteiger partial charge in [-0.25, -0.2) is 14.8 Å². The lowest BCUT2D eigenvalue weighted by Crippen LogP contribution is -2.08. The highest BCUT2D eigenvalue weighted by atomic mass is 16.4. The molecule has 1 heterocycles. The van der Waals surface area contributed by atoms with Crippen molar-refractivity contribution in [1.29, 1.82) is 0 Å². The SMILES string of the molecule is Cc1nc(-c2cccc(O)c2)nc(C)c1C(=O)O. The number of carboxylic acid groups (broad SMARTS) is 1. The van der Waals surface area contributed by atoms with Crippen LogP contribution in [0, 0.1) is 13.8 Å². The average Bonchev–Trinajstić information content (AvgIpc) is 2.27. The Kier molecular flexibility index (Phi) is 2.97. The quantitative estimate of drug-likeness (QED) is 0.845. The van der Waals surface area contributed by atoms with Crippen LogP contribution in [-0.4, -0.2) is 26.2 Å². The molecule has 1 aromatic carbocycles. The molecule has 2 N–H and O–H groups in total. The summed E-state index contributed by atoms with van der Waals surface area (Å²) < 4.78 is 0. The smallest absolute Gasteiger partial charge is 0.339 e. The lowest BCUT2D eigenvalue weighted by atomic mass is 10.1. The number of aromatic carboxylic acids is 1. The fourth-order valence-electron chi connectivity index (χ4n) is 1.80. The van der Waals surface area contributed by atoms with Gasteiger partial charge in [-0.2, -0.15) is 0 Å². The van der Waals surface area contributed by atoms with E-state index in [-0.39, 0.29) is 11.3 Å². The zero-order chi connectivity index (χ0) is 13.3. The maximum absolute atomic E-state index is 11.0. The lowest BCUT2D eigenvalue weighted by Gasteiger charge is -2.07. The predicted octanol–water partition coefficient (Wildman–Crippen LogP) is 2.16. The molecule has 0 radical (unpaired) electrons. The second-order valence-electron chi connectivity index (χ2n) is 3.95. The van der Waals surface area contributed by atoms with Crippen LogP contribution in [-0.2, 0) is 0 Å². The van der Waals surface area contributed by atoms with E-state index in [4.69, 9.17) is 5.11 Å². The maximum atomic E-state index is 11.0. The van der Waals surface area contributed by atoms with Gasteiger partial charge >= 0.3 is 5.97 Å². The van der Waals surface area contributed by atoms with Crippen LogP contribution in [0.15, 0.2) is 24.3 Å². The minimum atomic E-state index is -1.03. The number of aromatic hydroxyl groups is 1. The molecule has 0 saturated carbocycles. The maximum Gasteiger partial charge on any atom is 0.339 e. The number of nitrogens with zero attached hydrogens (tertiary/aromatic N) is 2. The number of carboxylic acids is 1. The van der Waals surface area contributed by atoms with Gasteiger partial charge in [-0.05, 0) is 26.0 Å². The third-order valence-electron chi connectivity index (χ3n) is 2.59. The minimum absolute atomic E-state index is 0.119. The summed E-state index contributed by atoms with van der Waals surface area (Å²) in [5, 5.41) is 18.4. The Bertz CT molecular complexity index is 600. The van der Waals surface area contributed by atoms with Crippen molar-refractivity contribution in [1.82, 2.24) is 9.97 Å². The second kappa shape index (κ2) is 4.44. The second-order valence-corrected chi connectivity index (χ2v) is 3.95. The molecule has 0 amide bonds. The molecule has 92 valence electrons. The molecule has 0 bridgehead atoms. The fraction of sp³-hybridized carbons (Fsp3) is 0.154. The Labute approximate surface area is 104 Å². The van der Waals surface area contributed by atoms with Crippen LogP contribution >= 0.6 is 0 Å². The number of aromatic nitrogens is 2. The van der Waals surface area contributed by atoms with Crippen LogP contribution in [0.3, 0.4) is 0 Å². The third-order valence-corrected chi connectivity index (χ3v) is 2.59. The van der Waals surface area contributed by atoms with E-state index in [1.54, 1.807) is 32.0 Å². The van der Waals surface area contributed by atoms with Gasteiger partial charge in [0.25, 0.3) is 0 Å². The highest BCUT2D eigenvalue weighted by Gasteiger charge is 2.15. The van der Waals surface area contributed by atoms with Crippen molar-refractivity contribution in [3.05, 3.63) is 41.2 Å². The van der Waals surface area contributed by atoms with Gasteiger partial charge in [0.1, 0.15) is 11.3 Å². The van der Waals surface area contributed by atoms with Crippen LogP contribution < -0.4 is 0 Å². The monoisotopic (exact) mass is 244 g/mol. The first kappa shape index (κ1) is 12.0. The van der Waals surface area contributed by atoms with E-state index in [0.29, 0.717) is 22.8 Å². The molecule has 0 saturated heterocycles. The molecule has 0 aliphatic rings. The Morgan fingerprint density at radius 3 is 2.28 bits per heavy atom. The molecule has 0 aliphatic carbocycles. The Morgan fingerprint density at radius 2 is 1.78 bits per heavy atom. The largest absolute Gasteiger partial charge is 0.508 e. The first-order chi connectivity index (χ1) is 8.49. The summed E-state index contributed by atoms with van der Waals surface area (Å²) in [6.07, 6.45) is 0. The number of phenolic OH excluding ortho intramolecular Hbond substituents is 1. The minimum Gasteiger partial charge on any atom is -0.508 e. The number of rotatable bonds is 2. The van der Waals surface area contributed by atoms with Crippen LogP contribution in [0.4, 0.5) is 0 Å². The molecule has 0 unspecified atom stereocenters. The van der Waals surface area contributed by atoms with Crippen molar-refractivity contribution in [2.24, 2.45) is 0 Å². The average molecular weight is 244 g/mol. The number of benzene rings is 1. The molecule has 0 atom stereocenters. The van der Waals surface area contributed by atoms with Gasteiger partial charge in [0.05, 0.1) is 11.4 Å². The number of aryl methyl sites for hydroxylation is 2. The van der Waals surface area contributed by atoms with Crippen molar-refractivity contribution in [3.8, 4) is 17.1 Å². The number of hydrogen-bond donors (Lipinski definition) is 2. The molecule has 5 nitrogen and oxygen atoms in total. The highest BCUT2D eigenvalue weighted by molar-refractivity contribution is 5.90. The van der Waals surface area contributed by atoms with Gasteiger partial charge in [0.2, 0.25) is 0 Å². The van der Waals surface area contributed by atoms with E-state index in [1.807, 2.05) is 0 Å². The fourth-order valence-corrected chi connectivity index (χ4v) is 1.80. The summed E-state index contributed by atoms with van der Waals surface area (Å²) in [5.41, 5.74) is 1.60. The van der Waals surface area contributed by atoms with Gasteiger partial charge in [0, 0.05) is 5.56 Å². The summed E-state index contributed by atoms with van der Waals surface area (Å²) in [5.74, 6) is -0.507. The van der Waals surface area contributed by atoms with Crippen molar-refractivity contribution in [2.45, 2.75) is 13.8 Å². The summed E-state index contributed by atoms with van der Waals surface area (Å²) in [6, 6.07) is 6.53. The number of hydrogen-bond acceptors (Lipinski definition) is 4. The number of phenols is 1. The molecule has 0 spiro atoms.